The smallest absolute Gasteiger partial charge is 0.0438 e. The first-order valence-corrected chi connectivity index (χ1v) is 7.19. The fraction of sp³-hybridized carbons (Fsp3) is 0.538. The summed E-state index contributed by atoms with van der Waals surface area (Å²) in [6.07, 6.45) is 0.866. The Morgan fingerprint density at radius 2 is 1.94 bits per heavy atom. The minimum Gasteiger partial charge on any atom is -0.327 e. The van der Waals surface area contributed by atoms with Gasteiger partial charge in [0.05, 0.1) is 0 Å². The summed E-state index contributed by atoms with van der Waals surface area (Å²) in [4.78, 5) is 0. The van der Waals surface area contributed by atoms with Gasteiger partial charge in [0.1, 0.15) is 0 Å². The number of halogens is 1. The third-order valence-electron chi connectivity index (χ3n) is 2.22. The van der Waals surface area contributed by atoms with Crippen molar-refractivity contribution in [2.75, 3.05) is 11.5 Å². The van der Waals surface area contributed by atoms with Gasteiger partial charge in [-0.2, -0.15) is 11.8 Å². The van der Waals surface area contributed by atoms with E-state index in [-0.39, 0.29) is 6.04 Å². The molecule has 3 heteroatoms. The summed E-state index contributed by atoms with van der Waals surface area (Å²) < 4.78 is 0. The number of thioether (sulfide) groups is 1. The standard InChI is InChI=1S/C13H20ClNS/c1-10(2)8-16-9-12(15)7-11-5-3-4-6-13(11)14/h3-6,10,12H,7-9,15H2,1-2H3. The molecule has 0 radical (unpaired) electrons. The van der Waals surface area contributed by atoms with Crippen LogP contribution in [-0.4, -0.2) is 17.5 Å². The summed E-state index contributed by atoms with van der Waals surface area (Å²) in [5, 5.41) is 0.826. The van der Waals surface area contributed by atoms with Crippen LogP contribution in [0.4, 0.5) is 0 Å². The van der Waals surface area contributed by atoms with E-state index in [9.17, 15) is 0 Å². The van der Waals surface area contributed by atoms with Crippen LogP contribution in [0, 0.1) is 5.92 Å². The molecule has 0 saturated heterocycles. The maximum Gasteiger partial charge on any atom is 0.0438 e. The van der Waals surface area contributed by atoms with Crippen molar-refractivity contribution in [2.24, 2.45) is 11.7 Å². The number of rotatable bonds is 6. The molecular formula is C13H20ClNS. The minimum atomic E-state index is 0.198. The number of hydrogen-bond donors (Lipinski definition) is 1. The second kappa shape index (κ2) is 7.21. The fourth-order valence-corrected chi connectivity index (χ4v) is 2.70. The van der Waals surface area contributed by atoms with Crippen molar-refractivity contribution in [1.29, 1.82) is 0 Å². The van der Waals surface area contributed by atoms with E-state index in [0.717, 1.165) is 28.7 Å². The quantitative estimate of drug-likeness (QED) is 0.843. The lowest BCUT2D eigenvalue weighted by molar-refractivity contribution is 0.732. The fourth-order valence-electron chi connectivity index (χ4n) is 1.46. The maximum atomic E-state index is 6.09. The highest BCUT2D eigenvalue weighted by Gasteiger charge is 2.07. The zero-order chi connectivity index (χ0) is 12.0. The van der Waals surface area contributed by atoms with Crippen LogP contribution in [0.1, 0.15) is 19.4 Å². The summed E-state index contributed by atoms with van der Waals surface area (Å²) in [5.41, 5.74) is 7.24. The lowest BCUT2D eigenvalue weighted by Crippen LogP contribution is -2.26. The van der Waals surface area contributed by atoms with E-state index in [0.29, 0.717) is 0 Å². The Labute approximate surface area is 108 Å². The van der Waals surface area contributed by atoms with Crippen LogP contribution in [0.25, 0.3) is 0 Å². The van der Waals surface area contributed by atoms with Crippen LogP contribution in [0.15, 0.2) is 24.3 Å². The van der Waals surface area contributed by atoms with E-state index in [2.05, 4.69) is 19.9 Å². The number of hydrogen-bond acceptors (Lipinski definition) is 2. The number of nitrogens with two attached hydrogens (primary N) is 1. The van der Waals surface area contributed by atoms with Gasteiger partial charge >= 0.3 is 0 Å². The predicted octanol–water partition coefficient (Wildman–Crippen LogP) is 3.60. The molecular weight excluding hydrogens is 238 g/mol. The van der Waals surface area contributed by atoms with Crippen molar-refractivity contribution in [3.63, 3.8) is 0 Å². The van der Waals surface area contributed by atoms with E-state index in [1.54, 1.807) is 0 Å². The lowest BCUT2D eigenvalue weighted by atomic mass is 10.1. The summed E-state index contributed by atoms with van der Waals surface area (Å²) >= 11 is 8.02. The molecule has 0 bridgehead atoms. The molecule has 1 aromatic carbocycles. The molecule has 90 valence electrons. The van der Waals surface area contributed by atoms with Gasteiger partial charge in [-0.3, -0.25) is 0 Å². The summed E-state index contributed by atoms with van der Waals surface area (Å²) in [6.45, 7) is 4.46. The molecule has 0 aliphatic heterocycles. The van der Waals surface area contributed by atoms with Crippen molar-refractivity contribution in [3.8, 4) is 0 Å². The van der Waals surface area contributed by atoms with Gasteiger partial charge in [-0.1, -0.05) is 43.6 Å². The molecule has 0 aliphatic carbocycles. The van der Waals surface area contributed by atoms with E-state index in [4.69, 9.17) is 17.3 Å². The summed E-state index contributed by atoms with van der Waals surface area (Å²) in [7, 11) is 0. The molecule has 1 unspecified atom stereocenters. The highest BCUT2D eigenvalue weighted by molar-refractivity contribution is 7.99. The van der Waals surface area contributed by atoms with Crippen molar-refractivity contribution in [1.82, 2.24) is 0 Å². The van der Waals surface area contributed by atoms with Gasteiger partial charge in [0.2, 0.25) is 0 Å². The monoisotopic (exact) mass is 257 g/mol. The Hall–Kier alpha value is -0.180. The first kappa shape index (κ1) is 13.9. The molecule has 0 aromatic heterocycles. The van der Waals surface area contributed by atoms with Gasteiger partial charge in [0.25, 0.3) is 0 Å². The molecule has 0 saturated carbocycles. The van der Waals surface area contributed by atoms with Gasteiger partial charge in [0, 0.05) is 16.8 Å². The highest BCUT2D eigenvalue weighted by atomic mass is 35.5. The molecule has 0 fully saturated rings. The van der Waals surface area contributed by atoms with Gasteiger partial charge in [-0.15, -0.1) is 0 Å². The Balaban J connectivity index is 2.34. The number of benzene rings is 1. The first-order valence-electron chi connectivity index (χ1n) is 5.66. The van der Waals surface area contributed by atoms with E-state index >= 15 is 0 Å². The second-order valence-corrected chi connectivity index (χ2v) is 5.97. The summed E-state index contributed by atoms with van der Waals surface area (Å²) in [5.74, 6) is 2.91. The zero-order valence-electron chi connectivity index (χ0n) is 9.95. The molecule has 0 heterocycles. The molecule has 1 aromatic rings. The Bertz CT molecular complexity index is 315. The Morgan fingerprint density at radius 1 is 1.25 bits per heavy atom. The lowest BCUT2D eigenvalue weighted by Gasteiger charge is -2.13. The molecule has 1 nitrogen and oxygen atoms in total. The van der Waals surface area contributed by atoms with Crippen LogP contribution in [0.5, 0.6) is 0 Å². The maximum absolute atomic E-state index is 6.09. The van der Waals surface area contributed by atoms with Gasteiger partial charge in [-0.25, -0.2) is 0 Å². The van der Waals surface area contributed by atoms with Crippen molar-refractivity contribution in [2.45, 2.75) is 26.3 Å². The summed E-state index contributed by atoms with van der Waals surface area (Å²) in [6, 6.07) is 8.13. The van der Waals surface area contributed by atoms with Crippen molar-refractivity contribution in [3.05, 3.63) is 34.9 Å². The first-order chi connectivity index (χ1) is 7.59. The van der Waals surface area contributed by atoms with Crippen molar-refractivity contribution < 1.29 is 0 Å². The molecule has 2 N–H and O–H groups in total. The Morgan fingerprint density at radius 3 is 2.56 bits per heavy atom. The average molecular weight is 258 g/mol. The zero-order valence-corrected chi connectivity index (χ0v) is 11.5. The van der Waals surface area contributed by atoms with Gasteiger partial charge in [-0.05, 0) is 29.7 Å². The van der Waals surface area contributed by atoms with Crippen molar-refractivity contribution >= 4 is 23.4 Å². The predicted molar refractivity (Wildman–Crippen MR) is 75.3 cm³/mol. The van der Waals surface area contributed by atoms with Gasteiger partial charge < -0.3 is 5.73 Å². The van der Waals surface area contributed by atoms with Crippen LogP contribution in [0.2, 0.25) is 5.02 Å². The largest absolute Gasteiger partial charge is 0.327 e. The third-order valence-corrected chi connectivity index (χ3v) is 4.16. The molecule has 0 amide bonds. The average Bonchev–Trinajstić information content (AvgIpc) is 2.21. The molecule has 0 aliphatic rings. The minimum absolute atomic E-state index is 0.198. The molecule has 1 atom stereocenters. The third kappa shape index (κ3) is 5.24. The van der Waals surface area contributed by atoms with Gasteiger partial charge in [0.15, 0.2) is 0 Å². The molecule has 0 spiro atoms. The van der Waals surface area contributed by atoms with Crippen LogP contribution < -0.4 is 5.73 Å². The van der Waals surface area contributed by atoms with Crippen LogP contribution >= 0.6 is 23.4 Å². The normalized spacial score (nSPS) is 13.1. The van der Waals surface area contributed by atoms with Crippen LogP contribution in [-0.2, 0) is 6.42 Å². The van der Waals surface area contributed by atoms with E-state index < -0.39 is 0 Å². The Kier molecular flexibility index (Phi) is 6.25. The highest BCUT2D eigenvalue weighted by Crippen LogP contribution is 2.17. The van der Waals surface area contributed by atoms with Crippen LogP contribution in [0.3, 0.4) is 0 Å². The molecule has 1 rings (SSSR count). The van der Waals surface area contributed by atoms with E-state index in [1.165, 1.54) is 5.75 Å². The SMILES string of the molecule is CC(C)CSCC(N)Cc1ccccc1Cl. The molecule has 16 heavy (non-hydrogen) atoms. The van der Waals surface area contributed by atoms with E-state index in [1.807, 2.05) is 30.0 Å². The topological polar surface area (TPSA) is 26.0 Å². The second-order valence-electron chi connectivity index (χ2n) is 4.49.